The van der Waals surface area contributed by atoms with Crippen molar-refractivity contribution in [3.8, 4) is 0 Å². The summed E-state index contributed by atoms with van der Waals surface area (Å²) in [6, 6.07) is 11.0. The van der Waals surface area contributed by atoms with Gasteiger partial charge in [0, 0.05) is 17.3 Å². The van der Waals surface area contributed by atoms with Gasteiger partial charge in [0.15, 0.2) is 0 Å². The molecule has 6 heteroatoms. The van der Waals surface area contributed by atoms with Crippen LogP contribution in [0.15, 0.2) is 41.8 Å². The van der Waals surface area contributed by atoms with Crippen molar-refractivity contribution < 1.29 is 13.2 Å². The second kappa shape index (κ2) is 6.48. The van der Waals surface area contributed by atoms with Crippen molar-refractivity contribution in [2.75, 3.05) is 0 Å². The van der Waals surface area contributed by atoms with Gasteiger partial charge in [-0.2, -0.15) is 13.2 Å². The van der Waals surface area contributed by atoms with Crippen LogP contribution in [0.3, 0.4) is 0 Å². The third-order valence-electron chi connectivity index (χ3n) is 5.06. The Balaban J connectivity index is 1.83. The summed E-state index contributed by atoms with van der Waals surface area (Å²) < 4.78 is 42.9. The third-order valence-corrected chi connectivity index (χ3v) is 5.94. The second-order valence-corrected chi connectivity index (χ2v) is 7.68. The number of hydrogen-bond donors (Lipinski definition) is 0. The van der Waals surface area contributed by atoms with Crippen LogP contribution in [0.5, 0.6) is 0 Å². The Bertz CT molecular complexity index is 851. The highest BCUT2D eigenvalue weighted by Gasteiger charge is 2.47. The molecule has 4 rings (SSSR count). The van der Waals surface area contributed by atoms with Gasteiger partial charge in [-0.3, -0.25) is 0 Å². The molecule has 0 bridgehead atoms. The lowest BCUT2D eigenvalue weighted by Gasteiger charge is -2.35. The van der Waals surface area contributed by atoms with E-state index in [-0.39, 0.29) is 6.42 Å². The van der Waals surface area contributed by atoms with Gasteiger partial charge in [0.1, 0.15) is 5.82 Å². The molecule has 0 spiro atoms. The number of imidazole rings is 1. The average Bonchev–Trinajstić information content (AvgIpc) is 3.21. The minimum absolute atomic E-state index is 0.207. The maximum Gasteiger partial charge on any atom is 0.393 e. The van der Waals surface area contributed by atoms with Crippen molar-refractivity contribution in [1.29, 1.82) is 0 Å². The van der Waals surface area contributed by atoms with E-state index in [1.165, 1.54) is 0 Å². The van der Waals surface area contributed by atoms with Gasteiger partial charge < -0.3 is 4.57 Å². The van der Waals surface area contributed by atoms with E-state index in [1.54, 1.807) is 11.3 Å². The van der Waals surface area contributed by atoms with Crippen molar-refractivity contribution in [2.24, 2.45) is 5.92 Å². The molecule has 1 aromatic carbocycles. The van der Waals surface area contributed by atoms with Crippen LogP contribution in [0.4, 0.5) is 13.2 Å². The van der Waals surface area contributed by atoms with Crippen LogP contribution in [0.2, 0.25) is 0 Å². The lowest BCUT2D eigenvalue weighted by atomic mass is 9.83. The number of thiophene rings is 1. The number of halogens is 3. The SMILES string of the molecule is FC(F)(F)C1CCCCC1n1c(Cc2cccs2)nc2ccccc21. The van der Waals surface area contributed by atoms with Gasteiger partial charge in [0.05, 0.1) is 17.0 Å². The monoisotopic (exact) mass is 364 g/mol. The van der Waals surface area contributed by atoms with Crippen LogP contribution in [0, 0.1) is 5.92 Å². The summed E-state index contributed by atoms with van der Waals surface area (Å²) in [6.45, 7) is 0. The smallest absolute Gasteiger partial charge is 0.324 e. The summed E-state index contributed by atoms with van der Waals surface area (Å²) in [7, 11) is 0. The Morgan fingerprint density at radius 3 is 2.64 bits per heavy atom. The first-order valence-corrected chi connectivity index (χ1v) is 9.47. The fourth-order valence-electron chi connectivity index (χ4n) is 3.96. The third kappa shape index (κ3) is 3.19. The Hall–Kier alpha value is -1.82. The minimum atomic E-state index is -4.17. The maximum absolute atomic E-state index is 13.7. The molecule has 0 radical (unpaired) electrons. The molecular formula is C19H19F3N2S. The summed E-state index contributed by atoms with van der Waals surface area (Å²) in [5, 5.41) is 1.99. The van der Waals surface area contributed by atoms with Gasteiger partial charge in [0.2, 0.25) is 0 Å². The first-order valence-electron chi connectivity index (χ1n) is 8.59. The van der Waals surface area contributed by atoms with Crippen LogP contribution in [0.25, 0.3) is 11.0 Å². The highest BCUT2D eigenvalue weighted by atomic mass is 32.1. The number of fused-ring (bicyclic) bond motifs is 1. The average molecular weight is 364 g/mol. The standard InChI is InChI=1S/C19H19F3N2S/c20-19(21,22)14-7-1-3-9-16(14)24-17-10-4-2-8-15(17)23-18(24)12-13-6-5-11-25-13/h2,4-6,8,10-11,14,16H,1,3,7,9,12H2. The molecule has 2 nitrogen and oxygen atoms in total. The molecule has 0 amide bonds. The van der Waals surface area contributed by atoms with E-state index in [4.69, 9.17) is 0 Å². The molecule has 2 unspecified atom stereocenters. The van der Waals surface area contributed by atoms with Crippen molar-refractivity contribution >= 4 is 22.4 Å². The summed E-state index contributed by atoms with van der Waals surface area (Å²) in [6.07, 6.45) is -1.35. The van der Waals surface area contributed by atoms with Gasteiger partial charge in [-0.15, -0.1) is 11.3 Å². The summed E-state index contributed by atoms with van der Waals surface area (Å²) in [5.74, 6) is -0.550. The number of hydrogen-bond acceptors (Lipinski definition) is 2. The second-order valence-electron chi connectivity index (χ2n) is 6.64. The van der Waals surface area contributed by atoms with Gasteiger partial charge in [-0.25, -0.2) is 4.98 Å². The Labute approximate surface area is 148 Å². The lowest BCUT2D eigenvalue weighted by molar-refractivity contribution is -0.193. The predicted molar refractivity (Wildman–Crippen MR) is 93.9 cm³/mol. The van der Waals surface area contributed by atoms with E-state index in [1.807, 2.05) is 46.3 Å². The Morgan fingerprint density at radius 1 is 1.08 bits per heavy atom. The summed E-state index contributed by atoms with van der Waals surface area (Å²) in [5.41, 5.74) is 1.59. The van der Waals surface area contributed by atoms with E-state index in [0.717, 1.165) is 28.2 Å². The molecule has 0 saturated heterocycles. The van der Waals surface area contributed by atoms with Crippen molar-refractivity contribution in [3.05, 3.63) is 52.5 Å². The van der Waals surface area contributed by atoms with E-state index >= 15 is 0 Å². The molecule has 2 heterocycles. The van der Waals surface area contributed by atoms with Gasteiger partial charge >= 0.3 is 6.18 Å². The van der Waals surface area contributed by atoms with Crippen molar-refractivity contribution in [3.63, 3.8) is 0 Å². The first kappa shape index (κ1) is 16.6. The summed E-state index contributed by atoms with van der Waals surface area (Å²) >= 11 is 1.61. The minimum Gasteiger partial charge on any atom is -0.324 e. The largest absolute Gasteiger partial charge is 0.393 e. The highest BCUT2D eigenvalue weighted by Crippen LogP contribution is 2.45. The predicted octanol–water partition coefficient (Wildman–Crippen LogP) is 5.98. The highest BCUT2D eigenvalue weighted by molar-refractivity contribution is 7.09. The lowest BCUT2D eigenvalue weighted by Crippen LogP contribution is -2.35. The molecule has 1 fully saturated rings. The molecule has 3 aromatic rings. The zero-order valence-corrected chi connectivity index (χ0v) is 14.5. The molecule has 132 valence electrons. The van der Waals surface area contributed by atoms with Crippen molar-refractivity contribution in [1.82, 2.24) is 9.55 Å². The quantitative estimate of drug-likeness (QED) is 0.559. The number of alkyl halides is 3. The maximum atomic E-state index is 13.7. The molecule has 2 atom stereocenters. The molecule has 25 heavy (non-hydrogen) atoms. The molecule has 1 aliphatic rings. The molecule has 0 N–H and O–H groups in total. The number of aromatic nitrogens is 2. The fourth-order valence-corrected chi connectivity index (χ4v) is 4.66. The molecule has 1 saturated carbocycles. The Kier molecular flexibility index (Phi) is 4.31. The molecular weight excluding hydrogens is 345 g/mol. The van der Waals surface area contributed by atoms with Gasteiger partial charge in [-0.1, -0.05) is 31.0 Å². The van der Waals surface area contributed by atoms with E-state index in [9.17, 15) is 13.2 Å². The fraction of sp³-hybridized carbons (Fsp3) is 0.421. The molecule has 2 aromatic heterocycles. The van der Waals surface area contributed by atoms with Crippen LogP contribution >= 0.6 is 11.3 Å². The zero-order chi connectivity index (χ0) is 17.4. The van der Waals surface area contributed by atoms with Crippen LogP contribution in [-0.4, -0.2) is 15.7 Å². The molecule has 0 aliphatic heterocycles. The van der Waals surface area contributed by atoms with Crippen LogP contribution < -0.4 is 0 Å². The first-order chi connectivity index (χ1) is 12.0. The Morgan fingerprint density at radius 2 is 1.88 bits per heavy atom. The number of para-hydroxylation sites is 2. The van der Waals surface area contributed by atoms with E-state index < -0.39 is 18.1 Å². The van der Waals surface area contributed by atoms with Crippen molar-refractivity contribution in [2.45, 2.75) is 44.3 Å². The van der Waals surface area contributed by atoms with Gasteiger partial charge in [0.25, 0.3) is 0 Å². The topological polar surface area (TPSA) is 17.8 Å². The summed E-state index contributed by atoms with van der Waals surface area (Å²) in [4.78, 5) is 5.80. The molecule has 1 aliphatic carbocycles. The van der Waals surface area contributed by atoms with Gasteiger partial charge in [-0.05, 0) is 36.4 Å². The number of rotatable bonds is 3. The number of nitrogens with zero attached hydrogens (tertiary/aromatic N) is 2. The van der Waals surface area contributed by atoms with E-state index in [0.29, 0.717) is 19.3 Å². The van der Waals surface area contributed by atoms with E-state index in [2.05, 4.69) is 4.98 Å². The van der Waals surface area contributed by atoms with Crippen LogP contribution in [0.1, 0.15) is 42.4 Å². The zero-order valence-electron chi connectivity index (χ0n) is 13.7. The van der Waals surface area contributed by atoms with Crippen LogP contribution in [-0.2, 0) is 6.42 Å². The number of benzene rings is 1. The normalized spacial score (nSPS) is 21.7.